The summed E-state index contributed by atoms with van der Waals surface area (Å²) in [6.07, 6.45) is 4.03. The van der Waals surface area contributed by atoms with Crippen molar-refractivity contribution in [2.75, 3.05) is 25.0 Å². The van der Waals surface area contributed by atoms with E-state index in [0.29, 0.717) is 28.9 Å². The number of benzene rings is 1. The third-order valence-electron chi connectivity index (χ3n) is 4.90. The second-order valence-electron chi connectivity index (χ2n) is 6.55. The average Bonchev–Trinajstić information content (AvgIpc) is 3.33. The van der Waals surface area contributed by atoms with Gasteiger partial charge in [0.1, 0.15) is 5.52 Å². The number of oxazole rings is 1. The summed E-state index contributed by atoms with van der Waals surface area (Å²) in [5.41, 5.74) is 1.54. The molecule has 1 saturated carbocycles. The minimum Gasteiger partial charge on any atom is -0.423 e. The largest absolute Gasteiger partial charge is 0.423 e. The number of piperidine rings is 1. The van der Waals surface area contributed by atoms with Gasteiger partial charge < -0.3 is 14.2 Å². The van der Waals surface area contributed by atoms with Gasteiger partial charge in [-0.25, -0.2) is 0 Å². The number of carbonyl (C=O) groups excluding carboxylic acids is 1. The molecule has 2 aliphatic rings. The summed E-state index contributed by atoms with van der Waals surface area (Å²) < 4.78 is 5.83. The third kappa shape index (κ3) is 2.90. The fourth-order valence-corrected chi connectivity index (χ4v) is 3.43. The van der Waals surface area contributed by atoms with E-state index < -0.39 is 0 Å². The summed E-state index contributed by atoms with van der Waals surface area (Å²) in [6, 6.07) is 6.46. The highest BCUT2D eigenvalue weighted by atomic mass is 35.5. The van der Waals surface area contributed by atoms with Crippen LogP contribution >= 0.6 is 11.6 Å². The van der Waals surface area contributed by atoms with Gasteiger partial charge in [-0.2, -0.15) is 4.98 Å². The highest BCUT2D eigenvalue weighted by Crippen LogP contribution is 2.33. The van der Waals surface area contributed by atoms with Crippen LogP contribution in [-0.4, -0.2) is 42.0 Å². The third-order valence-corrected chi connectivity index (χ3v) is 5.13. The maximum atomic E-state index is 12.2. The molecule has 0 N–H and O–H groups in total. The molecule has 1 saturated heterocycles. The highest BCUT2D eigenvalue weighted by Gasteiger charge is 2.35. The van der Waals surface area contributed by atoms with Gasteiger partial charge in [-0.05, 0) is 43.9 Å². The van der Waals surface area contributed by atoms with Crippen molar-refractivity contribution in [3.63, 3.8) is 0 Å². The SMILES string of the molecule is CN(C(=O)C1CC1)C1CCN(c2nc3cc(Cl)ccc3o2)CC1. The van der Waals surface area contributed by atoms with Crippen LogP contribution in [0.3, 0.4) is 0 Å². The van der Waals surface area contributed by atoms with E-state index in [0.717, 1.165) is 49.9 Å². The molecule has 1 amide bonds. The first-order valence-electron chi connectivity index (χ1n) is 8.19. The van der Waals surface area contributed by atoms with E-state index in [1.54, 1.807) is 0 Å². The Balaban J connectivity index is 1.42. The fourth-order valence-electron chi connectivity index (χ4n) is 3.27. The molecule has 122 valence electrons. The summed E-state index contributed by atoms with van der Waals surface area (Å²) in [4.78, 5) is 20.8. The predicted octanol–water partition coefficient (Wildman–Crippen LogP) is 3.32. The molecule has 0 unspecified atom stereocenters. The average molecular weight is 334 g/mol. The van der Waals surface area contributed by atoms with Crippen LogP contribution in [0, 0.1) is 5.92 Å². The number of nitrogens with zero attached hydrogens (tertiary/aromatic N) is 3. The van der Waals surface area contributed by atoms with Gasteiger partial charge in [0.05, 0.1) is 0 Å². The second-order valence-corrected chi connectivity index (χ2v) is 6.99. The topological polar surface area (TPSA) is 49.6 Å². The van der Waals surface area contributed by atoms with Crippen LogP contribution in [0.5, 0.6) is 0 Å². The lowest BCUT2D eigenvalue weighted by Gasteiger charge is -2.36. The number of fused-ring (bicyclic) bond motifs is 1. The lowest BCUT2D eigenvalue weighted by atomic mass is 10.0. The first-order chi connectivity index (χ1) is 11.1. The zero-order chi connectivity index (χ0) is 16.0. The van der Waals surface area contributed by atoms with Crippen molar-refractivity contribution in [1.82, 2.24) is 9.88 Å². The Bertz CT molecular complexity index is 733. The molecule has 1 aliphatic carbocycles. The van der Waals surface area contributed by atoms with Crippen LogP contribution < -0.4 is 4.90 Å². The number of halogens is 1. The Morgan fingerprint density at radius 1 is 1.30 bits per heavy atom. The van der Waals surface area contributed by atoms with Gasteiger partial charge in [0.2, 0.25) is 5.91 Å². The van der Waals surface area contributed by atoms with Gasteiger partial charge in [0.15, 0.2) is 5.58 Å². The van der Waals surface area contributed by atoms with Gasteiger partial charge in [0.25, 0.3) is 6.01 Å². The van der Waals surface area contributed by atoms with Crippen molar-refractivity contribution in [3.05, 3.63) is 23.2 Å². The molecule has 2 aromatic rings. The molecule has 0 spiro atoms. The maximum Gasteiger partial charge on any atom is 0.298 e. The molecule has 2 fully saturated rings. The van der Waals surface area contributed by atoms with Crippen molar-refractivity contribution in [1.29, 1.82) is 0 Å². The Morgan fingerprint density at radius 2 is 2.04 bits per heavy atom. The summed E-state index contributed by atoms with van der Waals surface area (Å²) in [5.74, 6) is 0.611. The van der Waals surface area contributed by atoms with Crippen LogP contribution in [0.25, 0.3) is 11.1 Å². The number of aromatic nitrogens is 1. The van der Waals surface area contributed by atoms with Crippen LogP contribution in [-0.2, 0) is 4.79 Å². The monoisotopic (exact) mass is 333 g/mol. The van der Waals surface area contributed by atoms with Crippen LogP contribution in [0.2, 0.25) is 5.02 Å². The molecule has 1 aromatic heterocycles. The molecule has 2 heterocycles. The van der Waals surface area contributed by atoms with Gasteiger partial charge in [0, 0.05) is 37.1 Å². The number of anilines is 1. The summed E-state index contributed by atoms with van der Waals surface area (Å²) in [7, 11) is 1.95. The Hall–Kier alpha value is -1.75. The van der Waals surface area contributed by atoms with Crippen molar-refractivity contribution in [3.8, 4) is 0 Å². The van der Waals surface area contributed by atoms with Gasteiger partial charge in [-0.1, -0.05) is 11.6 Å². The lowest BCUT2D eigenvalue weighted by molar-refractivity contribution is -0.133. The van der Waals surface area contributed by atoms with E-state index in [1.807, 2.05) is 30.1 Å². The van der Waals surface area contributed by atoms with Crippen LogP contribution in [0.1, 0.15) is 25.7 Å². The zero-order valence-corrected chi connectivity index (χ0v) is 13.9. The molecular formula is C17H20ClN3O2. The smallest absolute Gasteiger partial charge is 0.298 e. The van der Waals surface area contributed by atoms with Crippen LogP contribution in [0.4, 0.5) is 6.01 Å². The Labute approximate surface area is 140 Å². The molecule has 0 bridgehead atoms. The van der Waals surface area contributed by atoms with E-state index >= 15 is 0 Å². The second kappa shape index (κ2) is 5.71. The molecule has 1 aromatic carbocycles. The van der Waals surface area contributed by atoms with Crippen molar-refractivity contribution >= 4 is 34.6 Å². The van der Waals surface area contributed by atoms with E-state index in [4.69, 9.17) is 16.0 Å². The van der Waals surface area contributed by atoms with E-state index in [1.165, 1.54) is 0 Å². The van der Waals surface area contributed by atoms with Crippen molar-refractivity contribution < 1.29 is 9.21 Å². The van der Waals surface area contributed by atoms with E-state index in [2.05, 4.69) is 9.88 Å². The molecule has 5 nitrogen and oxygen atoms in total. The number of rotatable bonds is 3. The van der Waals surface area contributed by atoms with Crippen molar-refractivity contribution in [2.24, 2.45) is 5.92 Å². The van der Waals surface area contributed by atoms with Gasteiger partial charge in [-0.3, -0.25) is 4.79 Å². The molecule has 4 rings (SSSR count). The first-order valence-corrected chi connectivity index (χ1v) is 8.57. The summed E-state index contributed by atoms with van der Waals surface area (Å²) in [5, 5.41) is 0.663. The van der Waals surface area contributed by atoms with E-state index in [-0.39, 0.29) is 0 Å². The van der Waals surface area contributed by atoms with Gasteiger partial charge >= 0.3 is 0 Å². The number of amides is 1. The minimum atomic E-state index is 0.291. The summed E-state index contributed by atoms with van der Waals surface area (Å²) >= 11 is 6.00. The zero-order valence-electron chi connectivity index (χ0n) is 13.2. The molecule has 0 radical (unpaired) electrons. The molecule has 0 atom stereocenters. The number of carbonyl (C=O) groups is 1. The van der Waals surface area contributed by atoms with Gasteiger partial charge in [-0.15, -0.1) is 0 Å². The molecule has 1 aliphatic heterocycles. The minimum absolute atomic E-state index is 0.291. The maximum absolute atomic E-state index is 12.2. The standard InChI is InChI=1S/C17H20ClN3O2/c1-20(16(22)11-2-3-11)13-6-8-21(9-7-13)17-19-14-10-12(18)4-5-15(14)23-17/h4-5,10-11,13H,2-3,6-9H2,1H3. The number of hydrogen-bond acceptors (Lipinski definition) is 4. The lowest BCUT2D eigenvalue weighted by Crippen LogP contribution is -2.46. The van der Waals surface area contributed by atoms with Crippen molar-refractivity contribution in [2.45, 2.75) is 31.7 Å². The highest BCUT2D eigenvalue weighted by molar-refractivity contribution is 6.31. The predicted molar refractivity (Wildman–Crippen MR) is 89.7 cm³/mol. The fraction of sp³-hybridized carbons (Fsp3) is 0.529. The number of hydrogen-bond donors (Lipinski definition) is 0. The van der Waals surface area contributed by atoms with Crippen LogP contribution in [0.15, 0.2) is 22.6 Å². The summed E-state index contributed by atoms with van der Waals surface area (Å²) in [6.45, 7) is 1.71. The molecule has 6 heteroatoms. The quantitative estimate of drug-likeness (QED) is 0.864. The Morgan fingerprint density at radius 3 is 2.74 bits per heavy atom. The molecular weight excluding hydrogens is 314 g/mol. The first kappa shape index (κ1) is 14.8. The Kier molecular flexibility index (Phi) is 3.68. The van der Waals surface area contributed by atoms with E-state index in [9.17, 15) is 4.79 Å². The molecule has 23 heavy (non-hydrogen) atoms. The normalized spacial score (nSPS) is 19.3.